The molecule has 0 saturated heterocycles. The van der Waals surface area contributed by atoms with Crippen LogP contribution < -0.4 is 0 Å². The van der Waals surface area contributed by atoms with E-state index in [9.17, 15) is 17.6 Å². The van der Waals surface area contributed by atoms with E-state index in [0.29, 0.717) is 22.4 Å². The minimum absolute atomic E-state index is 0.126. The van der Waals surface area contributed by atoms with Gasteiger partial charge in [0.2, 0.25) is 10.0 Å². The largest absolute Gasteiger partial charge is 0.454 e. The molecule has 0 atom stereocenters. The number of carbonyl (C=O) groups is 1. The first-order valence-electron chi connectivity index (χ1n) is 9.19. The molecule has 0 aliphatic rings. The molecule has 0 bridgehead atoms. The molecule has 0 saturated carbocycles. The van der Waals surface area contributed by atoms with Crippen molar-refractivity contribution in [2.45, 2.75) is 31.4 Å². The Bertz CT molecular complexity index is 1210. The van der Waals surface area contributed by atoms with Gasteiger partial charge < -0.3 is 9.30 Å². The van der Waals surface area contributed by atoms with E-state index in [1.54, 1.807) is 6.07 Å². The van der Waals surface area contributed by atoms with Gasteiger partial charge in [-0.2, -0.15) is 0 Å². The van der Waals surface area contributed by atoms with Gasteiger partial charge in [-0.1, -0.05) is 22.9 Å². The number of carbonyl (C=O) groups excluding carboxylic acids is 1. The number of halogens is 2. The molecule has 2 aromatic carbocycles. The van der Waals surface area contributed by atoms with Gasteiger partial charge in [0.15, 0.2) is 0 Å². The first kappa shape index (κ1) is 22.4. The summed E-state index contributed by atoms with van der Waals surface area (Å²) in [6.45, 7) is 2.42. The molecule has 0 unspecified atom stereocenters. The lowest BCUT2D eigenvalue weighted by Crippen LogP contribution is -2.22. The van der Waals surface area contributed by atoms with Crippen molar-refractivity contribution >= 4 is 43.0 Å². The van der Waals surface area contributed by atoms with Crippen LogP contribution in [0, 0.1) is 5.82 Å². The number of aromatic nitrogens is 2. The van der Waals surface area contributed by atoms with Crippen molar-refractivity contribution in [2.24, 2.45) is 0 Å². The van der Waals surface area contributed by atoms with Crippen molar-refractivity contribution in [3.63, 3.8) is 0 Å². The molecule has 0 amide bonds. The molecular weight excluding hydrogens is 477 g/mol. The zero-order valence-corrected chi connectivity index (χ0v) is 19.1. The van der Waals surface area contributed by atoms with Crippen LogP contribution in [0.15, 0.2) is 45.8 Å². The molecule has 3 rings (SSSR count). The zero-order chi connectivity index (χ0) is 22.1. The second-order valence-corrected chi connectivity index (χ2v) is 9.89. The molecule has 0 radical (unpaired) electrons. The van der Waals surface area contributed by atoms with Crippen LogP contribution in [0.25, 0.3) is 11.0 Å². The van der Waals surface area contributed by atoms with Crippen molar-refractivity contribution in [1.29, 1.82) is 0 Å². The summed E-state index contributed by atoms with van der Waals surface area (Å²) < 4.78 is 47.6. The molecule has 160 valence electrons. The van der Waals surface area contributed by atoms with Gasteiger partial charge in [-0.3, -0.25) is 0 Å². The summed E-state index contributed by atoms with van der Waals surface area (Å²) in [5.74, 6) is -1.03. The maximum Gasteiger partial charge on any atom is 0.341 e. The Morgan fingerprint density at radius 1 is 1.23 bits per heavy atom. The van der Waals surface area contributed by atoms with E-state index in [4.69, 9.17) is 4.74 Å². The summed E-state index contributed by atoms with van der Waals surface area (Å²) in [5, 5.41) is 0. The van der Waals surface area contributed by atoms with E-state index >= 15 is 0 Å². The number of ether oxygens (including phenoxy) is 1. The highest BCUT2D eigenvalue weighted by molar-refractivity contribution is 9.10. The third-order valence-electron chi connectivity index (χ3n) is 4.51. The third kappa shape index (κ3) is 4.40. The smallest absolute Gasteiger partial charge is 0.341 e. The minimum Gasteiger partial charge on any atom is -0.454 e. The number of sulfonamides is 1. The number of esters is 1. The van der Waals surface area contributed by atoms with Crippen LogP contribution in [-0.2, 0) is 27.9 Å². The van der Waals surface area contributed by atoms with Gasteiger partial charge in [0.05, 0.1) is 21.5 Å². The third-order valence-corrected chi connectivity index (χ3v) is 6.81. The molecule has 30 heavy (non-hydrogen) atoms. The predicted molar refractivity (Wildman–Crippen MR) is 114 cm³/mol. The van der Waals surface area contributed by atoms with Crippen LogP contribution in [0.5, 0.6) is 0 Å². The Kier molecular flexibility index (Phi) is 6.59. The molecule has 10 heteroatoms. The fraction of sp³-hybridized carbons (Fsp3) is 0.300. The van der Waals surface area contributed by atoms with E-state index in [1.165, 1.54) is 44.4 Å². The van der Waals surface area contributed by atoms with Crippen LogP contribution in [0.1, 0.15) is 29.5 Å². The normalized spacial score (nSPS) is 11.9. The number of hydrogen-bond acceptors (Lipinski definition) is 5. The van der Waals surface area contributed by atoms with Crippen LogP contribution in [0.2, 0.25) is 0 Å². The van der Waals surface area contributed by atoms with E-state index in [0.717, 1.165) is 16.2 Å². The van der Waals surface area contributed by atoms with Crippen LogP contribution in [0.3, 0.4) is 0 Å². The second kappa shape index (κ2) is 8.83. The molecular formula is C20H21BrFN3O4S. The number of aryl methyl sites for hydroxylation is 1. The van der Waals surface area contributed by atoms with Gasteiger partial charge in [-0.25, -0.2) is 26.9 Å². The molecule has 7 nitrogen and oxygen atoms in total. The van der Waals surface area contributed by atoms with E-state index in [-0.39, 0.29) is 17.1 Å². The monoisotopic (exact) mass is 497 g/mol. The number of nitrogens with zero attached hydrogens (tertiary/aromatic N) is 3. The molecule has 3 aromatic rings. The first-order valence-corrected chi connectivity index (χ1v) is 11.4. The predicted octanol–water partition coefficient (Wildman–Crippen LogP) is 3.96. The molecule has 0 aliphatic heterocycles. The number of rotatable bonds is 7. The fourth-order valence-corrected chi connectivity index (χ4v) is 4.26. The molecule has 0 aliphatic carbocycles. The van der Waals surface area contributed by atoms with Gasteiger partial charge in [-0.05, 0) is 42.8 Å². The number of fused-ring (bicyclic) bond motifs is 1. The van der Waals surface area contributed by atoms with Gasteiger partial charge in [0.1, 0.15) is 18.2 Å². The molecule has 0 fully saturated rings. The summed E-state index contributed by atoms with van der Waals surface area (Å²) in [4.78, 5) is 16.9. The number of benzene rings is 2. The average molecular weight is 498 g/mol. The molecule has 1 aromatic heterocycles. The number of imidazole rings is 1. The van der Waals surface area contributed by atoms with Gasteiger partial charge in [0, 0.05) is 25.1 Å². The Labute approximate surface area is 182 Å². The van der Waals surface area contributed by atoms with Crippen molar-refractivity contribution in [1.82, 2.24) is 13.9 Å². The van der Waals surface area contributed by atoms with Gasteiger partial charge in [0.25, 0.3) is 0 Å². The highest BCUT2D eigenvalue weighted by atomic mass is 79.9. The maximum absolute atomic E-state index is 13.9. The van der Waals surface area contributed by atoms with Gasteiger partial charge >= 0.3 is 5.97 Å². The Morgan fingerprint density at radius 3 is 2.63 bits per heavy atom. The average Bonchev–Trinajstić information content (AvgIpc) is 3.05. The Balaban J connectivity index is 1.93. The SMILES string of the molecule is CCCn1c(COC(=O)c2cc(Br)ccc2F)nc2cc(S(=O)(=O)N(C)C)ccc21. The van der Waals surface area contributed by atoms with Crippen LogP contribution >= 0.6 is 15.9 Å². The van der Waals surface area contributed by atoms with Crippen LogP contribution in [-0.4, -0.2) is 42.3 Å². The van der Waals surface area contributed by atoms with Crippen molar-refractivity contribution in [3.8, 4) is 0 Å². The Hall–Kier alpha value is -2.30. The standard InChI is InChI=1S/C20H21BrFN3O4S/c1-4-9-25-18-8-6-14(30(27,28)24(2)3)11-17(18)23-19(25)12-29-20(26)15-10-13(21)5-7-16(15)22/h5-8,10-11H,4,9,12H2,1-3H3. The van der Waals surface area contributed by atoms with Crippen molar-refractivity contribution in [3.05, 3.63) is 58.1 Å². The maximum atomic E-state index is 13.9. The van der Waals surface area contributed by atoms with E-state index in [2.05, 4.69) is 20.9 Å². The molecule has 1 heterocycles. The van der Waals surface area contributed by atoms with Crippen LogP contribution in [0.4, 0.5) is 4.39 Å². The summed E-state index contributed by atoms with van der Waals surface area (Å²) >= 11 is 3.21. The first-order chi connectivity index (χ1) is 14.1. The lowest BCUT2D eigenvalue weighted by Gasteiger charge is -2.11. The molecule has 0 N–H and O–H groups in total. The highest BCUT2D eigenvalue weighted by Gasteiger charge is 2.21. The topological polar surface area (TPSA) is 81.5 Å². The van der Waals surface area contributed by atoms with Crippen molar-refractivity contribution < 1.29 is 22.3 Å². The van der Waals surface area contributed by atoms with E-state index in [1.807, 2.05) is 11.5 Å². The fourth-order valence-electron chi connectivity index (χ4n) is 2.98. The highest BCUT2D eigenvalue weighted by Crippen LogP contribution is 2.23. The summed E-state index contributed by atoms with van der Waals surface area (Å²) in [6.07, 6.45) is 0.796. The van der Waals surface area contributed by atoms with Gasteiger partial charge in [-0.15, -0.1) is 0 Å². The Morgan fingerprint density at radius 2 is 1.97 bits per heavy atom. The van der Waals surface area contributed by atoms with E-state index < -0.39 is 21.8 Å². The lowest BCUT2D eigenvalue weighted by molar-refractivity contribution is 0.0453. The quantitative estimate of drug-likeness (QED) is 0.461. The van der Waals surface area contributed by atoms with Crippen molar-refractivity contribution in [2.75, 3.05) is 14.1 Å². The summed E-state index contributed by atoms with van der Waals surface area (Å²) in [7, 11) is -0.683. The molecule has 0 spiro atoms. The second-order valence-electron chi connectivity index (χ2n) is 6.82. The lowest BCUT2D eigenvalue weighted by atomic mass is 10.2. The zero-order valence-electron chi connectivity index (χ0n) is 16.7. The number of hydrogen-bond donors (Lipinski definition) is 0. The summed E-state index contributed by atoms with van der Waals surface area (Å²) in [5.41, 5.74) is 1.03. The minimum atomic E-state index is -3.60. The summed E-state index contributed by atoms with van der Waals surface area (Å²) in [6, 6.07) is 8.74.